The first kappa shape index (κ1) is 20.1. The van der Waals surface area contributed by atoms with Crippen LogP contribution in [0.4, 0.5) is 8.78 Å². The fourth-order valence-corrected chi connectivity index (χ4v) is 3.21. The van der Waals surface area contributed by atoms with Crippen molar-refractivity contribution in [2.75, 3.05) is 26.2 Å². The molecular weight excluding hydrogens is 362 g/mol. The minimum atomic E-state index is -0.823. The Bertz CT molecular complexity index is 746. The summed E-state index contributed by atoms with van der Waals surface area (Å²) in [5.74, 6) is -1.53. The fourth-order valence-electron chi connectivity index (χ4n) is 3.21. The second-order valence-electron chi connectivity index (χ2n) is 6.18. The average Bonchev–Trinajstić information content (AvgIpc) is 3.06. The third-order valence-electron chi connectivity index (χ3n) is 4.57. The monoisotopic (exact) mass is 382 g/mol. The van der Waals surface area contributed by atoms with E-state index in [-0.39, 0.29) is 42.5 Å². The molecule has 26 heavy (non-hydrogen) atoms. The maximum absolute atomic E-state index is 13.6. The van der Waals surface area contributed by atoms with Gasteiger partial charge in [-0.15, -0.1) is 12.4 Å². The van der Waals surface area contributed by atoms with Crippen LogP contribution in [0.2, 0.25) is 0 Å². The van der Waals surface area contributed by atoms with Crippen LogP contribution >= 0.6 is 12.4 Å². The third-order valence-corrected chi connectivity index (χ3v) is 4.57. The molecule has 0 radical (unpaired) electrons. The van der Waals surface area contributed by atoms with Crippen LogP contribution in [0.1, 0.15) is 11.5 Å². The van der Waals surface area contributed by atoms with Crippen molar-refractivity contribution in [3.05, 3.63) is 65.7 Å². The number of nitrogens with zero attached hydrogens (tertiary/aromatic N) is 1. The van der Waals surface area contributed by atoms with E-state index in [0.29, 0.717) is 19.6 Å². The smallest absolute Gasteiger partial charge is 0.260 e. The Morgan fingerprint density at radius 1 is 1.15 bits per heavy atom. The molecule has 2 atom stereocenters. The SMILES string of the molecule is Cl.NC[C@@H]1CN(C(=O)COc2ccc(F)cc2F)C[C@H]1c1ccccc1. The van der Waals surface area contributed by atoms with Gasteiger partial charge in [0.1, 0.15) is 5.82 Å². The first-order chi connectivity index (χ1) is 12.1. The van der Waals surface area contributed by atoms with Crippen LogP contribution in [0, 0.1) is 17.6 Å². The molecular formula is C19H21ClF2N2O2. The Morgan fingerprint density at radius 2 is 1.88 bits per heavy atom. The number of rotatable bonds is 5. The van der Waals surface area contributed by atoms with Gasteiger partial charge in [-0.1, -0.05) is 30.3 Å². The largest absolute Gasteiger partial charge is 0.481 e. The lowest BCUT2D eigenvalue weighted by Gasteiger charge is -2.17. The Morgan fingerprint density at radius 3 is 2.54 bits per heavy atom. The van der Waals surface area contributed by atoms with Gasteiger partial charge in [0, 0.05) is 25.1 Å². The lowest BCUT2D eigenvalue weighted by molar-refractivity contribution is -0.132. The number of nitrogens with two attached hydrogens (primary N) is 1. The van der Waals surface area contributed by atoms with Crippen LogP contribution in [-0.2, 0) is 4.79 Å². The van der Waals surface area contributed by atoms with Crippen molar-refractivity contribution in [1.82, 2.24) is 4.90 Å². The van der Waals surface area contributed by atoms with E-state index in [0.717, 1.165) is 17.7 Å². The minimum Gasteiger partial charge on any atom is -0.481 e. The number of benzene rings is 2. The van der Waals surface area contributed by atoms with Gasteiger partial charge in [0.2, 0.25) is 0 Å². The maximum Gasteiger partial charge on any atom is 0.260 e. The molecule has 1 amide bonds. The summed E-state index contributed by atoms with van der Waals surface area (Å²) in [6.07, 6.45) is 0. The number of ether oxygens (including phenoxy) is 1. The van der Waals surface area contributed by atoms with Gasteiger partial charge >= 0.3 is 0 Å². The molecule has 7 heteroatoms. The first-order valence-corrected chi connectivity index (χ1v) is 8.19. The van der Waals surface area contributed by atoms with Gasteiger partial charge in [0.25, 0.3) is 5.91 Å². The Kier molecular flexibility index (Phi) is 6.94. The molecule has 2 aromatic carbocycles. The second kappa shape index (κ2) is 8.96. The zero-order chi connectivity index (χ0) is 17.8. The summed E-state index contributed by atoms with van der Waals surface area (Å²) >= 11 is 0. The van der Waals surface area contributed by atoms with Crippen LogP contribution in [0.15, 0.2) is 48.5 Å². The zero-order valence-electron chi connectivity index (χ0n) is 14.1. The maximum atomic E-state index is 13.6. The highest BCUT2D eigenvalue weighted by Crippen LogP contribution is 2.32. The van der Waals surface area contributed by atoms with Crippen molar-refractivity contribution in [1.29, 1.82) is 0 Å². The van der Waals surface area contributed by atoms with Crippen molar-refractivity contribution >= 4 is 18.3 Å². The lowest BCUT2D eigenvalue weighted by Crippen LogP contribution is -2.33. The van der Waals surface area contributed by atoms with Gasteiger partial charge < -0.3 is 15.4 Å². The molecule has 0 saturated carbocycles. The molecule has 3 rings (SSSR count). The third kappa shape index (κ3) is 4.51. The molecule has 0 aromatic heterocycles. The summed E-state index contributed by atoms with van der Waals surface area (Å²) in [6.45, 7) is 1.29. The predicted molar refractivity (Wildman–Crippen MR) is 97.4 cm³/mol. The summed E-state index contributed by atoms with van der Waals surface area (Å²) in [5.41, 5.74) is 7.02. The molecule has 0 unspecified atom stereocenters. The van der Waals surface area contributed by atoms with Crippen molar-refractivity contribution in [2.24, 2.45) is 11.7 Å². The van der Waals surface area contributed by atoms with Gasteiger partial charge in [-0.2, -0.15) is 0 Å². The number of halogens is 3. The lowest BCUT2D eigenvalue weighted by atomic mass is 9.89. The Labute approximate surface area is 157 Å². The van der Waals surface area contributed by atoms with Crippen molar-refractivity contribution in [3.63, 3.8) is 0 Å². The second-order valence-corrected chi connectivity index (χ2v) is 6.18. The van der Waals surface area contributed by atoms with E-state index >= 15 is 0 Å². The van der Waals surface area contributed by atoms with Crippen LogP contribution < -0.4 is 10.5 Å². The van der Waals surface area contributed by atoms with E-state index in [1.165, 1.54) is 6.07 Å². The number of hydrogen-bond acceptors (Lipinski definition) is 3. The molecule has 2 aromatic rings. The van der Waals surface area contributed by atoms with Crippen molar-refractivity contribution in [3.8, 4) is 5.75 Å². The zero-order valence-corrected chi connectivity index (χ0v) is 14.9. The molecule has 1 saturated heterocycles. The summed E-state index contributed by atoms with van der Waals surface area (Å²) in [5, 5.41) is 0. The van der Waals surface area contributed by atoms with Gasteiger partial charge in [-0.05, 0) is 30.2 Å². The van der Waals surface area contributed by atoms with Crippen LogP contribution in [0.25, 0.3) is 0 Å². The Hall–Kier alpha value is -2.18. The van der Waals surface area contributed by atoms with Gasteiger partial charge in [0.15, 0.2) is 18.2 Å². The number of likely N-dealkylation sites (tertiary alicyclic amines) is 1. The minimum absolute atomic E-state index is 0. The number of amides is 1. The van der Waals surface area contributed by atoms with Crippen LogP contribution in [-0.4, -0.2) is 37.0 Å². The van der Waals surface area contributed by atoms with E-state index in [4.69, 9.17) is 10.5 Å². The van der Waals surface area contributed by atoms with E-state index < -0.39 is 11.6 Å². The number of carbonyl (C=O) groups excluding carboxylic acids is 1. The quantitative estimate of drug-likeness (QED) is 0.865. The molecule has 1 aliphatic heterocycles. The summed E-state index contributed by atoms with van der Waals surface area (Å²) in [4.78, 5) is 14.1. The highest BCUT2D eigenvalue weighted by atomic mass is 35.5. The summed E-state index contributed by atoms with van der Waals surface area (Å²) < 4.78 is 31.7. The van der Waals surface area contributed by atoms with E-state index in [2.05, 4.69) is 0 Å². The number of hydrogen-bond donors (Lipinski definition) is 1. The van der Waals surface area contributed by atoms with E-state index in [1.807, 2.05) is 30.3 Å². The summed E-state index contributed by atoms with van der Waals surface area (Å²) in [7, 11) is 0. The molecule has 1 fully saturated rings. The van der Waals surface area contributed by atoms with Gasteiger partial charge in [-0.3, -0.25) is 4.79 Å². The topological polar surface area (TPSA) is 55.6 Å². The summed E-state index contributed by atoms with van der Waals surface area (Å²) in [6, 6.07) is 12.9. The van der Waals surface area contributed by atoms with E-state index in [1.54, 1.807) is 4.90 Å². The molecule has 0 aliphatic carbocycles. The Balaban J connectivity index is 0.00000243. The molecule has 4 nitrogen and oxygen atoms in total. The molecule has 0 bridgehead atoms. The highest BCUT2D eigenvalue weighted by molar-refractivity contribution is 5.85. The van der Waals surface area contributed by atoms with Gasteiger partial charge in [0.05, 0.1) is 0 Å². The standard InChI is InChI=1S/C19H20F2N2O2.ClH/c20-15-6-7-18(17(21)8-15)25-12-19(24)23-10-14(9-22)16(11-23)13-4-2-1-3-5-13;/h1-8,14,16H,9-12,22H2;1H/t14-,16+;/m1./s1. The van der Waals surface area contributed by atoms with Crippen molar-refractivity contribution in [2.45, 2.75) is 5.92 Å². The normalized spacial score (nSPS) is 19.1. The van der Waals surface area contributed by atoms with Gasteiger partial charge in [-0.25, -0.2) is 8.78 Å². The van der Waals surface area contributed by atoms with Crippen LogP contribution in [0.5, 0.6) is 5.75 Å². The molecule has 0 spiro atoms. The first-order valence-electron chi connectivity index (χ1n) is 8.19. The molecule has 1 heterocycles. The van der Waals surface area contributed by atoms with Crippen molar-refractivity contribution < 1.29 is 18.3 Å². The van der Waals surface area contributed by atoms with Crippen LogP contribution in [0.3, 0.4) is 0 Å². The fraction of sp³-hybridized carbons (Fsp3) is 0.316. The predicted octanol–water partition coefficient (Wildman–Crippen LogP) is 2.97. The molecule has 140 valence electrons. The molecule has 1 aliphatic rings. The number of carbonyl (C=O) groups is 1. The average molecular weight is 383 g/mol. The molecule has 2 N–H and O–H groups in total. The highest BCUT2D eigenvalue weighted by Gasteiger charge is 2.35. The van der Waals surface area contributed by atoms with E-state index in [9.17, 15) is 13.6 Å².